The number of carbonyl (C=O) groups excluding carboxylic acids is 1. The molecule has 7 heteroatoms. The van der Waals surface area contributed by atoms with E-state index < -0.39 is 12.2 Å². The zero-order valence-corrected chi connectivity index (χ0v) is 15.0. The first-order valence-corrected chi connectivity index (χ1v) is 8.61. The number of rotatable bonds is 5. The van der Waals surface area contributed by atoms with Gasteiger partial charge in [0.2, 0.25) is 0 Å². The summed E-state index contributed by atoms with van der Waals surface area (Å²) in [4.78, 5) is 11.5. The molecule has 1 aliphatic rings. The lowest BCUT2D eigenvalue weighted by Gasteiger charge is -2.33. The second-order valence-electron chi connectivity index (χ2n) is 7.32. The molecular formula is C17H29N3O4. The lowest BCUT2D eigenvalue weighted by Crippen LogP contribution is -2.48. The maximum atomic E-state index is 11.5. The highest BCUT2D eigenvalue weighted by atomic mass is 16.5. The van der Waals surface area contributed by atoms with E-state index in [1.165, 1.54) is 0 Å². The highest BCUT2D eigenvalue weighted by Crippen LogP contribution is 2.26. The van der Waals surface area contributed by atoms with Crippen LogP contribution >= 0.6 is 0 Å². The van der Waals surface area contributed by atoms with Crippen LogP contribution < -0.4 is 10.6 Å². The Bertz CT molecular complexity index is 538. The number of amides is 2. The SMILES string of the molecule is CCNC(=O)NCC1OC(Cc2cc(C(C)(C)C)on2)CCC1O. The highest BCUT2D eigenvalue weighted by Gasteiger charge is 2.31. The van der Waals surface area contributed by atoms with Gasteiger partial charge in [0.15, 0.2) is 0 Å². The summed E-state index contributed by atoms with van der Waals surface area (Å²) in [5.74, 6) is 0.850. The zero-order valence-electron chi connectivity index (χ0n) is 15.0. The number of aliphatic hydroxyl groups excluding tert-OH is 1. The number of aromatic nitrogens is 1. The molecule has 1 aromatic heterocycles. The van der Waals surface area contributed by atoms with Crippen molar-refractivity contribution in [3.05, 3.63) is 17.5 Å². The molecule has 2 amide bonds. The van der Waals surface area contributed by atoms with Gasteiger partial charge in [-0.2, -0.15) is 0 Å². The minimum atomic E-state index is -0.564. The number of nitrogens with one attached hydrogen (secondary N) is 2. The third-order valence-corrected chi connectivity index (χ3v) is 4.12. The van der Waals surface area contributed by atoms with Gasteiger partial charge in [0, 0.05) is 31.0 Å². The van der Waals surface area contributed by atoms with Gasteiger partial charge in [-0.25, -0.2) is 4.79 Å². The van der Waals surface area contributed by atoms with Crippen molar-refractivity contribution in [2.24, 2.45) is 0 Å². The van der Waals surface area contributed by atoms with Crippen LogP contribution in [0.2, 0.25) is 0 Å². The first-order chi connectivity index (χ1) is 11.3. The molecule has 0 aliphatic carbocycles. The van der Waals surface area contributed by atoms with Crippen molar-refractivity contribution in [2.75, 3.05) is 13.1 Å². The second kappa shape index (κ2) is 7.98. The first-order valence-electron chi connectivity index (χ1n) is 8.61. The Kier molecular flexibility index (Phi) is 6.23. The maximum absolute atomic E-state index is 11.5. The zero-order chi connectivity index (χ0) is 17.7. The van der Waals surface area contributed by atoms with Crippen LogP contribution in [0.15, 0.2) is 10.6 Å². The monoisotopic (exact) mass is 339 g/mol. The number of hydrogen-bond donors (Lipinski definition) is 3. The van der Waals surface area contributed by atoms with Crippen LogP contribution in [0.1, 0.15) is 52.0 Å². The minimum absolute atomic E-state index is 0.0349. The number of aliphatic hydroxyl groups is 1. The fourth-order valence-corrected chi connectivity index (χ4v) is 2.69. The molecule has 3 N–H and O–H groups in total. The van der Waals surface area contributed by atoms with Crippen LogP contribution in [0.4, 0.5) is 4.79 Å². The van der Waals surface area contributed by atoms with E-state index in [2.05, 4.69) is 36.6 Å². The number of hydrogen-bond acceptors (Lipinski definition) is 5. The van der Waals surface area contributed by atoms with E-state index in [1.807, 2.05) is 13.0 Å². The molecular weight excluding hydrogens is 310 g/mol. The number of nitrogens with zero attached hydrogens (tertiary/aromatic N) is 1. The maximum Gasteiger partial charge on any atom is 0.314 e. The topological polar surface area (TPSA) is 96.6 Å². The van der Waals surface area contributed by atoms with E-state index >= 15 is 0 Å². The van der Waals surface area contributed by atoms with Crippen molar-refractivity contribution < 1.29 is 19.2 Å². The molecule has 2 heterocycles. The fraction of sp³-hybridized carbons (Fsp3) is 0.765. The van der Waals surface area contributed by atoms with Crippen LogP contribution in [0, 0.1) is 0 Å². The van der Waals surface area contributed by atoms with Crippen molar-refractivity contribution >= 4 is 6.03 Å². The molecule has 0 saturated carbocycles. The fourth-order valence-electron chi connectivity index (χ4n) is 2.69. The van der Waals surface area contributed by atoms with Crippen LogP contribution in [0.3, 0.4) is 0 Å². The Balaban J connectivity index is 1.88. The van der Waals surface area contributed by atoms with Gasteiger partial charge in [0.1, 0.15) is 11.9 Å². The van der Waals surface area contributed by atoms with E-state index in [9.17, 15) is 9.90 Å². The van der Waals surface area contributed by atoms with Gasteiger partial charge in [-0.15, -0.1) is 0 Å². The summed E-state index contributed by atoms with van der Waals surface area (Å²) in [6, 6.07) is 1.72. The lowest BCUT2D eigenvalue weighted by molar-refractivity contribution is -0.113. The Morgan fingerprint density at radius 3 is 2.75 bits per heavy atom. The van der Waals surface area contributed by atoms with Gasteiger partial charge >= 0.3 is 6.03 Å². The predicted octanol–water partition coefficient (Wildman–Crippen LogP) is 1.74. The Morgan fingerprint density at radius 1 is 1.38 bits per heavy atom. The van der Waals surface area contributed by atoms with Crippen LogP contribution in [0.25, 0.3) is 0 Å². The summed E-state index contributed by atoms with van der Waals surface area (Å²) in [5, 5.41) is 19.6. The summed E-state index contributed by atoms with van der Waals surface area (Å²) in [6.45, 7) is 8.93. The standard InChI is InChI=1S/C17H29N3O4/c1-5-18-16(22)19-10-14-13(21)7-6-12(23-14)8-11-9-15(24-20-11)17(2,3)4/h9,12-14,21H,5-8,10H2,1-4H3,(H2,18,19,22). The summed E-state index contributed by atoms with van der Waals surface area (Å²) in [5.41, 5.74) is 0.783. The minimum Gasteiger partial charge on any atom is -0.390 e. The molecule has 0 aromatic carbocycles. The molecule has 0 spiro atoms. The molecule has 0 bridgehead atoms. The quantitative estimate of drug-likeness (QED) is 0.759. The van der Waals surface area contributed by atoms with Crippen molar-refractivity contribution in [3.8, 4) is 0 Å². The van der Waals surface area contributed by atoms with Gasteiger partial charge in [0.25, 0.3) is 0 Å². The lowest BCUT2D eigenvalue weighted by atomic mass is 9.92. The van der Waals surface area contributed by atoms with Crippen LogP contribution in [0.5, 0.6) is 0 Å². The van der Waals surface area contributed by atoms with Crippen molar-refractivity contribution in [2.45, 2.75) is 70.7 Å². The summed E-state index contributed by atoms with van der Waals surface area (Å²) >= 11 is 0. The third kappa shape index (κ3) is 5.21. The van der Waals surface area contributed by atoms with Crippen LogP contribution in [-0.4, -0.2) is 47.7 Å². The van der Waals surface area contributed by atoms with Crippen molar-refractivity contribution in [1.82, 2.24) is 15.8 Å². The summed E-state index contributed by atoms with van der Waals surface area (Å²) in [6.07, 6.45) is 1.05. The Hall–Kier alpha value is -1.60. The molecule has 136 valence electrons. The van der Waals surface area contributed by atoms with E-state index in [0.717, 1.165) is 17.9 Å². The molecule has 3 unspecified atom stereocenters. The normalized spacial score (nSPS) is 24.6. The average Bonchev–Trinajstić information content (AvgIpc) is 2.97. The third-order valence-electron chi connectivity index (χ3n) is 4.12. The van der Waals surface area contributed by atoms with Gasteiger partial charge in [-0.05, 0) is 19.8 Å². The predicted molar refractivity (Wildman–Crippen MR) is 89.9 cm³/mol. The molecule has 0 radical (unpaired) electrons. The van der Waals surface area contributed by atoms with E-state index in [0.29, 0.717) is 19.4 Å². The molecule has 7 nitrogen and oxygen atoms in total. The second-order valence-corrected chi connectivity index (χ2v) is 7.32. The molecule has 1 aliphatic heterocycles. The summed E-state index contributed by atoms with van der Waals surface area (Å²) < 4.78 is 11.4. The molecule has 24 heavy (non-hydrogen) atoms. The van der Waals surface area contributed by atoms with Gasteiger partial charge < -0.3 is 25.0 Å². The first kappa shape index (κ1) is 18.7. The average molecular weight is 339 g/mol. The number of urea groups is 1. The van der Waals surface area contributed by atoms with Crippen LogP contribution in [-0.2, 0) is 16.6 Å². The van der Waals surface area contributed by atoms with Crippen molar-refractivity contribution in [3.63, 3.8) is 0 Å². The van der Waals surface area contributed by atoms with E-state index in [-0.39, 0.29) is 24.1 Å². The number of ether oxygens (including phenoxy) is 1. The number of carbonyl (C=O) groups is 1. The van der Waals surface area contributed by atoms with E-state index in [1.54, 1.807) is 0 Å². The molecule has 1 aromatic rings. The van der Waals surface area contributed by atoms with Gasteiger partial charge in [-0.3, -0.25) is 0 Å². The smallest absolute Gasteiger partial charge is 0.314 e. The summed E-state index contributed by atoms with van der Waals surface area (Å²) in [7, 11) is 0. The van der Waals surface area contributed by atoms with Gasteiger partial charge in [-0.1, -0.05) is 25.9 Å². The molecule has 1 saturated heterocycles. The molecule has 1 fully saturated rings. The Morgan fingerprint density at radius 2 is 2.12 bits per heavy atom. The molecule has 3 atom stereocenters. The van der Waals surface area contributed by atoms with E-state index in [4.69, 9.17) is 9.26 Å². The molecule has 2 rings (SSSR count). The Labute approximate surface area is 143 Å². The van der Waals surface area contributed by atoms with Gasteiger partial charge in [0.05, 0.1) is 17.9 Å². The largest absolute Gasteiger partial charge is 0.390 e. The highest BCUT2D eigenvalue weighted by molar-refractivity contribution is 5.73. The van der Waals surface area contributed by atoms with Crippen molar-refractivity contribution in [1.29, 1.82) is 0 Å².